The van der Waals surface area contributed by atoms with E-state index in [-0.39, 0.29) is 0 Å². The monoisotopic (exact) mass is 154 g/mol. The smallest absolute Gasteiger partial charge is 0.0853 e. The first-order valence-electron chi connectivity index (χ1n) is 4.59. The maximum absolute atomic E-state index is 10.0. The standard InChI is InChI=1S/C10H18O/c1-3-9-7-5-6-8-10(9,11)4-2/h4,9,11H,2-3,5-8H2,1H3/t9-,10-/m1/s1. The van der Waals surface area contributed by atoms with Gasteiger partial charge in [-0.3, -0.25) is 0 Å². The predicted octanol–water partition coefficient (Wildman–Crippen LogP) is 2.50. The van der Waals surface area contributed by atoms with E-state index in [2.05, 4.69) is 13.5 Å². The number of rotatable bonds is 2. The van der Waals surface area contributed by atoms with Gasteiger partial charge < -0.3 is 5.11 Å². The van der Waals surface area contributed by atoms with Crippen LogP contribution in [-0.2, 0) is 0 Å². The lowest BCUT2D eigenvalue weighted by Gasteiger charge is -2.37. The third kappa shape index (κ3) is 1.64. The molecule has 0 aromatic rings. The van der Waals surface area contributed by atoms with Gasteiger partial charge in [0.25, 0.3) is 0 Å². The van der Waals surface area contributed by atoms with Gasteiger partial charge in [0.15, 0.2) is 0 Å². The van der Waals surface area contributed by atoms with Crippen molar-refractivity contribution in [2.75, 3.05) is 0 Å². The summed E-state index contributed by atoms with van der Waals surface area (Å²) in [5.41, 5.74) is -0.549. The molecule has 1 nitrogen and oxygen atoms in total. The Morgan fingerprint density at radius 3 is 2.82 bits per heavy atom. The number of aliphatic hydroxyl groups is 1. The molecule has 1 heteroatoms. The molecule has 0 amide bonds. The molecule has 1 fully saturated rings. The van der Waals surface area contributed by atoms with Crippen LogP contribution in [-0.4, -0.2) is 10.7 Å². The molecular formula is C10H18O. The van der Waals surface area contributed by atoms with Gasteiger partial charge in [-0.25, -0.2) is 0 Å². The highest BCUT2D eigenvalue weighted by atomic mass is 16.3. The molecule has 0 saturated heterocycles. The normalized spacial score (nSPS) is 38.5. The Morgan fingerprint density at radius 2 is 2.36 bits per heavy atom. The van der Waals surface area contributed by atoms with Crippen LogP contribution in [0.3, 0.4) is 0 Å². The quantitative estimate of drug-likeness (QED) is 0.606. The molecule has 0 aromatic heterocycles. The lowest BCUT2D eigenvalue weighted by molar-refractivity contribution is -0.00592. The summed E-state index contributed by atoms with van der Waals surface area (Å²) in [6.07, 6.45) is 7.31. The summed E-state index contributed by atoms with van der Waals surface area (Å²) < 4.78 is 0. The van der Waals surface area contributed by atoms with Crippen LogP contribution in [0.1, 0.15) is 39.0 Å². The van der Waals surface area contributed by atoms with Gasteiger partial charge in [-0.05, 0) is 18.8 Å². The van der Waals surface area contributed by atoms with Crippen molar-refractivity contribution in [1.29, 1.82) is 0 Å². The molecule has 1 saturated carbocycles. The van der Waals surface area contributed by atoms with Gasteiger partial charge in [-0.2, -0.15) is 0 Å². The van der Waals surface area contributed by atoms with E-state index in [1.54, 1.807) is 6.08 Å². The zero-order valence-electron chi connectivity index (χ0n) is 7.34. The second-order valence-corrected chi connectivity index (χ2v) is 3.55. The van der Waals surface area contributed by atoms with E-state index in [0.29, 0.717) is 5.92 Å². The first-order valence-corrected chi connectivity index (χ1v) is 4.59. The molecule has 0 heterocycles. The van der Waals surface area contributed by atoms with Gasteiger partial charge in [0.05, 0.1) is 5.60 Å². The zero-order chi connectivity index (χ0) is 8.32. The van der Waals surface area contributed by atoms with E-state index < -0.39 is 5.60 Å². The predicted molar refractivity (Wildman–Crippen MR) is 47.4 cm³/mol. The van der Waals surface area contributed by atoms with Crippen molar-refractivity contribution in [1.82, 2.24) is 0 Å². The minimum Gasteiger partial charge on any atom is -0.386 e. The molecule has 0 radical (unpaired) electrons. The molecule has 0 spiro atoms. The molecule has 1 aliphatic rings. The van der Waals surface area contributed by atoms with Gasteiger partial charge in [0, 0.05) is 0 Å². The maximum atomic E-state index is 10.0. The Bertz CT molecular complexity index is 142. The van der Waals surface area contributed by atoms with Crippen molar-refractivity contribution in [3.05, 3.63) is 12.7 Å². The van der Waals surface area contributed by atoms with Gasteiger partial charge in [-0.15, -0.1) is 6.58 Å². The fourth-order valence-electron chi connectivity index (χ4n) is 2.08. The Kier molecular flexibility index (Phi) is 2.72. The third-order valence-corrected chi connectivity index (χ3v) is 2.93. The summed E-state index contributed by atoms with van der Waals surface area (Å²) >= 11 is 0. The van der Waals surface area contributed by atoms with Crippen LogP contribution in [0.25, 0.3) is 0 Å². The van der Waals surface area contributed by atoms with Gasteiger partial charge in [0.2, 0.25) is 0 Å². The molecular weight excluding hydrogens is 136 g/mol. The number of hydrogen-bond donors (Lipinski definition) is 1. The first kappa shape index (κ1) is 8.79. The minimum absolute atomic E-state index is 0.453. The van der Waals surface area contributed by atoms with Crippen molar-refractivity contribution >= 4 is 0 Å². The van der Waals surface area contributed by atoms with Crippen LogP contribution in [0.4, 0.5) is 0 Å². The fraction of sp³-hybridized carbons (Fsp3) is 0.800. The summed E-state index contributed by atoms with van der Waals surface area (Å²) in [5.74, 6) is 0.453. The Morgan fingerprint density at radius 1 is 1.64 bits per heavy atom. The van der Waals surface area contributed by atoms with Crippen molar-refractivity contribution < 1.29 is 5.11 Å². The van der Waals surface area contributed by atoms with Crippen LogP contribution in [0, 0.1) is 5.92 Å². The van der Waals surface area contributed by atoms with Crippen molar-refractivity contribution in [3.63, 3.8) is 0 Å². The molecule has 0 aliphatic heterocycles. The van der Waals surface area contributed by atoms with E-state index in [4.69, 9.17) is 0 Å². The summed E-state index contributed by atoms with van der Waals surface area (Å²) in [6, 6.07) is 0. The molecule has 0 unspecified atom stereocenters. The highest BCUT2D eigenvalue weighted by molar-refractivity contribution is 5.01. The summed E-state index contributed by atoms with van der Waals surface area (Å²) in [4.78, 5) is 0. The molecule has 2 atom stereocenters. The lowest BCUT2D eigenvalue weighted by atomic mass is 9.74. The summed E-state index contributed by atoms with van der Waals surface area (Å²) in [7, 11) is 0. The van der Waals surface area contributed by atoms with Crippen molar-refractivity contribution in [3.8, 4) is 0 Å². The minimum atomic E-state index is -0.549. The average Bonchev–Trinajstić information content (AvgIpc) is 2.05. The highest BCUT2D eigenvalue weighted by Crippen LogP contribution is 2.36. The van der Waals surface area contributed by atoms with Crippen LogP contribution in [0.15, 0.2) is 12.7 Å². The van der Waals surface area contributed by atoms with E-state index >= 15 is 0 Å². The van der Waals surface area contributed by atoms with Crippen LogP contribution >= 0.6 is 0 Å². The first-order chi connectivity index (χ1) is 5.23. The Labute approximate surface area is 69.1 Å². The van der Waals surface area contributed by atoms with Gasteiger partial charge in [-0.1, -0.05) is 32.3 Å². The van der Waals surface area contributed by atoms with Crippen LogP contribution in [0.5, 0.6) is 0 Å². The fourth-order valence-corrected chi connectivity index (χ4v) is 2.08. The summed E-state index contributed by atoms with van der Waals surface area (Å²) in [6.45, 7) is 5.85. The van der Waals surface area contributed by atoms with E-state index in [1.165, 1.54) is 12.8 Å². The van der Waals surface area contributed by atoms with Gasteiger partial charge in [0.1, 0.15) is 0 Å². The van der Waals surface area contributed by atoms with E-state index in [0.717, 1.165) is 19.3 Å². The summed E-state index contributed by atoms with van der Waals surface area (Å²) in [5, 5.41) is 10.0. The van der Waals surface area contributed by atoms with Crippen LogP contribution < -0.4 is 0 Å². The van der Waals surface area contributed by atoms with E-state index in [1.807, 2.05) is 0 Å². The van der Waals surface area contributed by atoms with Crippen LogP contribution in [0.2, 0.25) is 0 Å². The molecule has 0 aromatic carbocycles. The molecule has 11 heavy (non-hydrogen) atoms. The van der Waals surface area contributed by atoms with Crippen molar-refractivity contribution in [2.24, 2.45) is 5.92 Å². The van der Waals surface area contributed by atoms with Crippen molar-refractivity contribution in [2.45, 2.75) is 44.6 Å². The highest BCUT2D eigenvalue weighted by Gasteiger charge is 2.34. The second-order valence-electron chi connectivity index (χ2n) is 3.55. The molecule has 1 aliphatic carbocycles. The topological polar surface area (TPSA) is 20.2 Å². The largest absolute Gasteiger partial charge is 0.386 e. The third-order valence-electron chi connectivity index (χ3n) is 2.93. The molecule has 64 valence electrons. The second kappa shape index (κ2) is 3.40. The maximum Gasteiger partial charge on any atom is 0.0853 e. The molecule has 1 N–H and O–H groups in total. The Hall–Kier alpha value is -0.300. The average molecular weight is 154 g/mol. The van der Waals surface area contributed by atoms with Gasteiger partial charge >= 0.3 is 0 Å². The molecule has 0 bridgehead atoms. The zero-order valence-corrected chi connectivity index (χ0v) is 7.34. The number of hydrogen-bond acceptors (Lipinski definition) is 1. The molecule has 1 rings (SSSR count). The SMILES string of the molecule is C=C[C@@]1(O)CCCC[C@H]1CC. The Balaban J connectivity index is 2.64. The lowest BCUT2D eigenvalue weighted by Crippen LogP contribution is -2.38. The van der Waals surface area contributed by atoms with E-state index in [9.17, 15) is 5.11 Å².